The molecular weight excluding hydrogens is 93.9 g/mol. The minimum absolute atomic E-state index is 0. The van der Waals surface area contributed by atoms with E-state index in [1.807, 2.05) is 0 Å². The van der Waals surface area contributed by atoms with Crippen LogP contribution in [-0.4, -0.2) is 0 Å². The van der Waals surface area contributed by atoms with Crippen LogP contribution in [-0.2, 0) is 15.1 Å². The van der Waals surface area contributed by atoms with Crippen LogP contribution in [0, 0.1) is 0 Å². The summed E-state index contributed by atoms with van der Waals surface area (Å²) in [6, 6.07) is 0. The maximum absolute atomic E-state index is 8.48. The summed E-state index contributed by atoms with van der Waals surface area (Å²) in [6.07, 6.45) is 0. The van der Waals surface area contributed by atoms with E-state index >= 15 is 0 Å². The molecule has 0 aromatic rings. The third-order valence-electron chi connectivity index (χ3n) is 0.0556. The van der Waals surface area contributed by atoms with E-state index in [1.54, 1.807) is 0 Å². The molecule has 0 bridgehead atoms. The minimum atomic E-state index is 0. The van der Waals surface area contributed by atoms with Crippen LogP contribution in [0.3, 0.4) is 0 Å². The molecule has 0 saturated heterocycles. The molecule has 0 rings (SSSR count). The molecule has 0 N–H and O–H groups in total. The normalized spacial score (nSPS) is 6.00. The Morgan fingerprint density at radius 2 is 1.14 bits per heavy atom. The van der Waals surface area contributed by atoms with Gasteiger partial charge in [0.25, 0.3) is 0 Å². The maximum Gasteiger partial charge on any atom is 1.00 e. The van der Waals surface area contributed by atoms with Crippen LogP contribution in [0.5, 0.6) is 0 Å². The van der Waals surface area contributed by atoms with Gasteiger partial charge in [0.1, 0.15) is 0 Å². The van der Waals surface area contributed by atoms with Gasteiger partial charge >= 0.3 is 37.7 Å². The van der Waals surface area contributed by atoms with Crippen molar-refractivity contribution in [2.75, 3.05) is 0 Å². The van der Waals surface area contributed by atoms with E-state index in [-0.39, 0.29) is 37.7 Å². The summed E-state index contributed by atoms with van der Waals surface area (Å²) in [5.74, 6) is 0. The molecule has 0 aromatic heterocycles. The van der Waals surface area contributed by atoms with Gasteiger partial charge in [0, 0.05) is 0 Å². The Morgan fingerprint density at radius 1 is 0.857 bits per heavy atom. The Labute approximate surface area is 63.6 Å². The molecule has 0 unspecified atom stereocenters. The third-order valence-corrected chi connectivity index (χ3v) is 0.0556. The molecular formula is Li2O5. The summed E-state index contributed by atoms with van der Waals surface area (Å²) in [5, 5.41) is 24.5. The van der Waals surface area contributed by atoms with E-state index in [9.17, 15) is 0 Å². The molecule has 0 aliphatic rings. The summed E-state index contributed by atoms with van der Waals surface area (Å²) in [4.78, 5) is 0. The molecule has 7 heteroatoms. The van der Waals surface area contributed by atoms with E-state index in [0.717, 1.165) is 0 Å². The zero-order valence-electron chi connectivity index (χ0n) is 4.04. The fourth-order valence-corrected chi connectivity index (χ4v) is 0.0113. The Hall–Kier alpha value is 0.995. The first kappa shape index (κ1) is 15.7. The van der Waals surface area contributed by atoms with Gasteiger partial charge in [-0.2, -0.15) is 0 Å². The largest absolute Gasteiger partial charge is 1.00 e. The van der Waals surface area contributed by atoms with Crippen LogP contribution >= 0.6 is 0 Å². The van der Waals surface area contributed by atoms with Crippen molar-refractivity contribution >= 4 is 0 Å². The van der Waals surface area contributed by atoms with Crippen LogP contribution in [0.1, 0.15) is 0 Å². The van der Waals surface area contributed by atoms with Crippen molar-refractivity contribution in [3.8, 4) is 0 Å². The molecule has 0 aromatic carbocycles. The maximum atomic E-state index is 8.48. The average molecular weight is 93.9 g/mol. The summed E-state index contributed by atoms with van der Waals surface area (Å²) >= 11 is 0. The second kappa shape index (κ2) is 15.8. The van der Waals surface area contributed by atoms with Crippen molar-refractivity contribution in [3.05, 3.63) is 0 Å². The van der Waals surface area contributed by atoms with Gasteiger partial charge in [0.15, 0.2) is 0 Å². The van der Waals surface area contributed by atoms with Crippen LogP contribution in [0.2, 0.25) is 0 Å². The third kappa shape index (κ3) is 19.5. The van der Waals surface area contributed by atoms with Crippen molar-refractivity contribution < 1.29 is 63.4 Å². The molecule has 0 atom stereocenters. The average Bonchev–Trinajstić information content (AvgIpc) is 1.41. The molecule has 0 radical (unpaired) electrons. The molecule has 0 amide bonds. The van der Waals surface area contributed by atoms with Crippen molar-refractivity contribution in [2.45, 2.75) is 0 Å². The van der Waals surface area contributed by atoms with Gasteiger partial charge in [-0.25, -0.2) is 0 Å². The Morgan fingerprint density at radius 3 is 1.14 bits per heavy atom. The van der Waals surface area contributed by atoms with Crippen LogP contribution in [0.25, 0.3) is 0 Å². The van der Waals surface area contributed by atoms with E-state index in [4.69, 9.17) is 10.5 Å². The molecule has 32 valence electrons. The summed E-state index contributed by atoms with van der Waals surface area (Å²) in [7, 11) is 0. The van der Waals surface area contributed by atoms with E-state index in [0.29, 0.717) is 0 Å². The van der Waals surface area contributed by atoms with Gasteiger partial charge in [0.2, 0.25) is 0 Å². The Bertz CT molecular complexity index is 13.6. The van der Waals surface area contributed by atoms with Crippen molar-refractivity contribution in [1.29, 1.82) is 0 Å². The first-order chi connectivity index (χ1) is 2.41. The fraction of sp³-hybridized carbons (Fsp3) is 0. The van der Waals surface area contributed by atoms with Crippen LogP contribution < -0.4 is 48.2 Å². The second-order valence-electron chi connectivity index (χ2n) is 0.204. The molecule has 0 saturated carbocycles. The van der Waals surface area contributed by atoms with Gasteiger partial charge in [-0.15, -0.1) is 0 Å². The molecule has 0 aliphatic carbocycles. The van der Waals surface area contributed by atoms with Gasteiger partial charge in [-0.1, -0.05) is 5.04 Å². The van der Waals surface area contributed by atoms with E-state index < -0.39 is 0 Å². The monoisotopic (exact) mass is 94.0 g/mol. The van der Waals surface area contributed by atoms with Gasteiger partial charge < -0.3 is 10.5 Å². The van der Waals surface area contributed by atoms with Crippen LogP contribution in [0.15, 0.2) is 0 Å². The number of hydrogen-bond acceptors (Lipinski definition) is 5. The van der Waals surface area contributed by atoms with Gasteiger partial charge in [0.05, 0.1) is 0 Å². The fourth-order valence-electron chi connectivity index (χ4n) is 0.0113. The smallest absolute Gasteiger partial charge is 0.690 e. The molecule has 0 fully saturated rings. The van der Waals surface area contributed by atoms with Crippen molar-refractivity contribution in [3.63, 3.8) is 0 Å². The Balaban J connectivity index is -0.0000000800. The summed E-state index contributed by atoms with van der Waals surface area (Å²) in [6.45, 7) is 0. The molecule has 0 heterocycles. The Kier molecular flexibility index (Phi) is 35.3. The molecule has 5 nitrogen and oxygen atoms in total. The first-order valence-electron chi connectivity index (χ1n) is 0.667. The van der Waals surface area contributed by atoms with Crippen molar-refractivity contribution in [1.82, 2.24) is 0 Å². The molecule has 7 heavy (non-hydrogen) atoms. The van der Waals surface area contributed by atoms with E-state index in [2.05, 4.69) is 15.1 Å². The number of rotatable bonds is 2. The predicted molar refractivity (Wildman–Crippen MR) is 3.25 cm³/mol. The second-order valence-corrected chi connectivity index (χ2v) is 0.204. The first-order valence-corrected chi connectivity index (χ1v) is 0.667. The minimum Gasteiger partial charge on any atom is -0.690 e. The summed E-state index contributed by atoms with van der Waals surface area (Å²) < 4.78 is 0. The SMILES string of the molecule is [Li+].[Li+].[O-]OOO[O-]. The summed E-state index contributed by atoms with van der Waals surface area (Å²) in [5.41, 5.74) is 0. The standard InChI is InChI=1S/2Li.H2O5/c;;1-3-5-4-2/h;;1-2H/q2*+1;/p-2. The quantitative estimate of drug-likeness (QED) is 0.193. The molecule has 0 aliphatic heterocycles. The van der Waals surface area contributed by atoms with Crippen LogP contribution in [0.4, 0.5) is 0 Å². The van der Waals surface area contributed by atoms with Gasteiger partial charge in [-0.05, 0) is 0 Å². The van der Waals surface area contributed by atoms with E-state index in [1.165, 1.54) is 0 Å². The number of hydrogen-bond donors (Lipinski definition) is 0. The zero-order chi connectivity index (χ0) is 4.12. The van der Waals surface area contributed by atoms with Gasteiger partial charge in [-0.3, -0.25) is 10.1 Å². The zero-order valence-corrected chi connectivity index (χ0v) is 4.04. The van der Waals surface area contributed by atoms with Crippen molar-refractivity contribution in [2.24, 2.45) is 0 Å². The molecule has 0 spiro atoms. The predicted octanol–water partition coefficient (Wildman–Crippen LogP) is -8.58. The topological polar surface area (TPSA) is 73.8 Å².